The number of aliphatic hydroxyl groups excluding tert-OH is 2. The molecule has 0 aliphatic carbocycles. The van der Waals surface area contributed by atoms with Crippen molar-refractivity contribution >= 4 is 7.82 Å². The molecular weight excluding hydrogens is 414 g/mol. The van der Waals surface area contributed by atoms with Crippen LogP contribution in [0, 0.1) is 0 Å². The quantitative estimate of drug-likeness (QED) is 0.577. The predicted molar refractivity (Wildman–Crippen MR) is 92.7 cm³/mol. The molecule has 1 fully saturated rings. The summed E-state index contributed by atoms with van der Waals surface area (Å²) in [5.41, 5.74) is -1.40. The molecule has 0 saturated carbocycles. The molecule has 1 saturated heterocycles. The Bertz CT molecular complexity index is 1140. The van der Waals surface area contributed by atoms with Gasteiger partial charge in [-0.3, -0.25) is 23.4 Å². The Morgan fingerprint density at radius 2 is 2.14 bits per heavy atom. The molecule has 2 aromatic rings. The minimum Gasteiger partial charge on any atom is -0.404 e. The number of hydrogen-bond acceptors (Lipinski definition) is 9. The van der Waals surface area contributed by atoms with Gasteiger partial charge in [-0.1, -0.05) is 18.2 Å². The highest BCUT2D eigenvalue weighted by atomic mass is 31.2. The van der Waals surface area contributed by atoms with Crippen LogP contribution < -0.4 is 15.8 Å². The summed E-state index contributed by atoms with van der Waals surface area (Å²) in [5.74, 6) is -3.07. The first kappa shape index (κ1) is 18.7. The number of halogens is 1. The minimum atomic E-state index is -4.31. The molecule has 0 amide bonds. The number of rotatable bonds is 4. The molecule has 1 unspecified atom stereocenters. The van der Waals surface area contributed by atoms with Gasteiger partial charge in [-0.15, -0.1) is 0 Å². The van der Waals surface area contributed by atoms with Crippen LogP contribution >= 0.6 is 7.82 Å². The maximum absolute atomic E-state index is 15.3. The molecular formula is C16H16FN2O9P. The van der Waals surface area contributed by atoms with Crippen molar-refractivity contribution in [3.8, 4) is 5.75 Å². The van der Waals surface area contributed by atoms with Crippen LogP contribution in [0.25, 0.3) is 0 Å². The number of ether oxygens (including phenoxy) is 1. The van der Waals surface area contributed by atoms with E-state index in [-0.39, 0.29) is 12.4 Å². The first-order valence-corrected chi connectivity index (χ1v) is 9.77. The maximum atomic E-state index is 15.3. The summed E-state index contributed by atoms with van der Waals surface area (Å²) in [6.45, 7) is -1.41. The number of fused-ring (bicyclic) bond motifs is 1. The topological polar surface area (TPSA) is 149 Å². The van der Waals surface area contributed by atoms with E-state index in [0.717, 1.165) is 12.3 Å². The van der Waals surface area contributed by atoms with Gasteiger partial charge < -0.3 is 19.5 Å². The van der Waals surface area contributed by atoms with Crippen molar-refractivity contribution in [2.75, 3.05) is 6.61 Å². The normalized spacial score (nSPS) is 36.9. The summed E-state index contributed by atoms with van der Waals surface area (Å²) in [7, 11) is -4.31. The predicted octanol–water partition coefficient (Wildman–Crippen LogP) is 0.187. The van der Waals surface area contributed by atoms with Gasteiger partial charge in [0.2, 0.25) is 0 Å². The number of phosphoric ester groups is 1. The van der Waals surface area contributed by atoms with E-state index in [1.54, 1.807) is 18.2 Å². The zero-order valence-corrected chi connectivity index (χ0v) is 15.5. The molecule has 1 aromatic carbocycles. The first-order valence-electron chi connectivity index (χ1n) is 8.81. The van der Waals surface area contributed by atoms with Crippen molar-refractivity contribution in [1.29, 1.82) is 0 Å². The average Bonchev–Trinajstić information content (AvgIpc) is 2.87. The number of aliphatic hydroxyl groups is 2. The van der Waals surface area contributed by atoms with Gasteiger partial charge in [-0.05, 0) is 6.07 Å². The lowest BCUT2D eigenvalue weighted by Crippen LogP contribution is -2.43. The number of aromatic nitrogens is 2. The van der Waals surface area contributed by atoms with Crippen molar-refractivity contribution in [1.82, 2.24) is 9.55 Å². The number of alkyl halides is 1. The van der Waals surface area contributed by atoms with Crippen LogP contribution in [0.3, 0.4) is 0 Å². The summed E-state index contributed by atoms with van der Waals surface area (Å²) in [6.07, 6.45) is -6.71. The fourth-order valence-electron chi connectivity index (χ4n) is 2.80. The van der Waals surface area contributed by atoms with E-state index in [2.05, 4.69) is 0 Å². The lowest BCUT2D eigenvalue weighted by molar-refractivity contribution is -0.205. The molecule has 0 radical (unpaired) electrons. The van der Waals surface area contributed by atoms with Crippen LogP contribution in [-0.2, 0) is 25.0 Å². The fraction of sp³-hybridized carbons (Fsp3) is 0.375. The van der Waals surface area contributed by atoms with Crippen LogP contribution in [0.1, 0.15) is 13.1 Å². The largest absolute Gasteiger partial charge is 0.530 e. The highest BCUT2D eigenvalue weighted by Gasteiger charge is 2.57. The van der Waals surface area contributed by atoms with E-state index >= 15 is 4.39 Å². The Morgan fingerprint density at radius 3 is 2.90 bits per heavy atom. The molecule has 156 valence electrons. The molecule has 0 spiro atoms. The molecule has 1 aromatic heterocycles. The zero-order valence-electron chi connectivity index (χ0n) is 15.6. The van der Waals surface area contributed by atoms with Gasteiger partial charge in [0.1, 0.15) is 24.6 Å². The van der Waals surface area contributed by atoms with Crippen molar-refractivity contribution in [3.63, 3.8) is 0 Å². The third-order valence-corrected chi connectivity index (χ3v) is 5.62. The van der Waals surface area contributed by atoms with E-state index in [1.165, 1.54) is 6.07 Å². The third-order valence-electron chi connectivity index (χ3n) is 4.31. The zero-order chi connectivity index (χ0) is 21.7. The lowest BCUT2D eigenvalue weighted by atomic mass is 10.1. The summed E-state index contributed by atoms with van der Waals surface area (Å²) >= 11 is 0. The summed E-state index contributed by atoms with van der Waals surface area (Å²) in [6, 6.07) is 7.32. The van der Waals surface area contributed by atoms with Gasteiger partial charge in [0.15, 0.2) is 6.20 Å². The van der Waals surface area contributed by atoms with Gasteiger partial charge in [-0.2, -0.15) is 0 Å². The molecule has 11 nitrogen and oxygen atoms in total. The second-order valence-corrected chi connectivity index (χ2v) is 7.88. The van der Waals surface area contributed by atoms with E-state index in [0.29, 0.717) is 10.1 Å². The highest BCUT2D eigenvalue weighted by Crippen LogP contribution is 2.55. The number of nitrogens with zero attached hydrogens (tertiary/aromatic N) is 1. The van der Waals surface area contributed by atoms with Gasteiger partial charge in [0.05, 0.1) is 7.98 Å². The number of phosphoric acid groups is 1. The highest BCUT2D eigenvalue weighted by molar-refractivity contribution is 7.49. The van der Waals surface area contributed by atoms with Crippen LogP contribution in [0.2, 0.25) is 0 Å². The Kier molecular flexibility index (Phi) is 4.62. The molecule has 0 bridgehead atoms. The SMILES string of the molecule is [2H][C@@]1(n2ccc(=O)[nH]c2=O)O[C@](F)(COP2(=O)OCc3ccccc3O2)[C@@H](O)[C@H]1O. The number of para-hydroxylation sites is 1. The van der Waals surface area contributed by atoms with Crippen LogP contribution in [0.4, 0.5) is 4.39 Å². The number of H-pyrrole nitrogens is 1. The van der Waals surface area contributed by atoms with Crippen molar-refractivity contribution in [2.45, 2.75) is 30.9 Å². The molecule has 2 aliphatic heterocycles. The summed E-state index contributed by atoms with van der Waals surface area (Å²) < 4.78 is 56.4. The second kappa shape index (κ2) is 7.17. The number of nitrogens with one attached hydrogen (secondary N) is 1. The fourth-order valence-corrected chi connectivity index (χ4v) is 4.03. The lowest BCUT2D eigenvalue weighted by Gasteiger charge is -2.28. The van der Waals surface area contributed by atoms with Gasteiger partial charge >= 0.3 is 13.5 Å². The van der Waals surface area contributed by atoms with E-state index in [9.17, 15) is 24.4 Å². The van der Waals surface area contributed by atoms with Crippen molar-refractivity contribution < 1.29 is 38.8 Å². The second-order valence-electron chi connectivity index (χ2n) is 6.29. The first-order chi connectivity index (χ1) is 14.1. The molecule has 4 rings (SSSR count). The van der Waals surface area contributed by atoms with E-state index < -0.39 is 49.9 Å². The Morgan fingerprint density at radius 1 is 1.38 bits per heavy atom. The maximum Gasteiger partial charge on any atom is 0.530 e. The van der Waals surface area contributed by atoms with Gasteiger partial charge in [0.25, 0.3) is 11.4 Å². The number of aromatic amines is 1. The Hall–Kier alpha value is -2.34. The van der Waals surface area contributed by atoms with Crippen molar-refractivity contribution in [2.24, 2.45) is 0 Å². The Balaban J connectivity index is 1.55. The standard InChI is InChI=1S/C16H16FN2O9P/c17-16(8-26-29(24)25-7-9-3-1-2-4-10(9)28-29)13(22)12(21)14(27-16)19-6-5-11(20)18-15(19)23/h1-6,12-14,21-22H,7-8H2,(H,18,20,23)/t12-,13+,14-,16-,29?/m1/s1/i14D. The monoisotopic (exact) mass is 431 g/mol. The van der Waals surface area contributed by atoms with Crippen molar-refractivity contribution in [3.05, 3.63) is 62.9 Å². The average molecular weight is 431 g/mol. The van der Waals surface area contributed by atoms with E-state index in [4.69, 9.17) is 19.7 Å². The minimum absolute atomic E-state index is 0.145. The summed E-state index contributed by atoms with van der Waals surface area (Å²) in [5, 5.41) is 20.3. The van der Waals surface area contributed by atoms with Crippen LogP contribution in [0.5, 0.6) is 5.75 Å². The molecule has 2 aliphatic rings. The Labute approximate surface area is 163 Å². The van der Waals surface area contributed by atoms with E-state index in [1.807, 2.05) is 4.98 Å². The molecule has 3 N–H and O–H groups in total. The number of hydrogen-bond donors (Lipinski definition) is 3. The third kappa shape index (κ3) is 3.66. The molecule has 5 atom stereocenters. The molecule has 29 heavy (non-hydrogen) atoms. The van der Waals surface area contributed by atoms with Crippen LogP contribution in [0.15, 0.2) is 46.1 Å². The van der Waals surface area contributed by atoms with Gasteiger partial charge in [-0.25, -0.2) is 13.8 Å². The summed E-state index contributed by atoms with van der Waals surface area (Å²) in [4.78, 5) is 25.0. The number of benzene rings is 1. The van der Waals surface area contributed by atoms with Crippen LogP contribution in [-0.4, -0.2) is 44.4 Å². The molecule has 13 heteroatoms. The smallest absolute Gasteiger partial charge is 0.404 e. The molecule has 3 heterocycles. The van der Waals surface area contributed by atoms with Gasteiger partial charge in [0, 0.05) is 17.8 Å².